The number of fused-ring (bicyclic) bond motifs is 1. The number of carbonyl (C=O) groups is 1. The maximum Gasteiger partial charge on any atom is 0.256 e. The van der Waals surface area contributed by atoms with Crippen LogP contribution in [-0.4, -0.2) is 24.1 Å². The van der Waals surface area contributed by atoms with E-state index in [9.17, 15) is 9.18 Å². The summed E-state index contributed by atoms with van der Waals surface area (Å²) in [6.07, 6.45) is 1.43. The Morgan fingerprint density at radius 2 is 1.66 bits per heavy atom. The van der Waals surface area contributed by atoms with E-state index >= 15 is 0 Å². The Kier molecular flexibility index (Phi) is 5.25. The van der Waals surface area contributed by atoms with Gasteiger partial charge in [0.25, 0.3) is 5.91 Å². The molecule has 1 amide bonds. The standard InChI is InChI=1S/C24H16ClFN2O4/c25-17-11-20-21(31-10-9-30-20)12-19(17)28-23(29)14-5-1-2-6-15(14)24-27-13-22(32-24)16-7-3-4-8-18(16)26/h1-8,11-13H,9-10H2,(H,28,29). The predicted molar refractivity (Wildman–Crippen MR) is 118 cm³/mol. The van der Waals surface area contributed by atoms with Crippen LogP contribution in [0.1, 0.15) is 10.4 Å². The molecule has 0 atom stereocenters. The van der Waals surface area contributed by atoms with Crippen LogP contribution in [0.15, 0.2) is 71.3 Å². The summed E-state index contributed by atoms with van der Waals surface area (Å²) in [6.45, 7) is 0.854. The number of anilines is 1. The van der Waals surface area contributed by atoms with Crippen molar-refractivity contribution in [2.75, 3.05) is 18.5 Å². The zero-order valence-electron chi connectivity index (χ0n) is 16.6. The van der Waals surface area contributed by atoms with Gasteiger partial charge in [0.15, 0.2) is 17.3 Å². The first kappa shape index (κ1) is 20.1. The highest BCUT2D eigenvalue weighted by Gasteiger charge is 2.20. The second kappa shape index (κ2) is 8.36. The van der Waals surface area contributed by atoms with Crippen LogP contribution in [0.2, 0.25) is 5.02 Å². The monoisotopic (exact) mass is 450 g/mol. The number of rotatable bonds is 4. The Hall–Kier alpha value is -3.84. The summed E-state index contributed by atoms with van der Waals surface area (Å²) < 4.78 is 31.0. The molecule has 2 heterocycles. The molecule has 0 fully saturated rings. The average Bonchev–Trinajstić information content (AvgIpc) is 3.30. The lowest BCUT2D eigenvalue weighted by atomic mass is 10.1. The first-order valence-electron chi connectivity index (χ1n) is 9.81. The number of aromatic nitrogens is 1. The van der Waals surface area contributed by atoms with Gasteiger partial charge in [0.05, 0.1) is 28.0 Å². The lowest BCUT2D eigenvalue weighted by Crippen LogP contribution is -2.17. The van der Waals surface area contributed by atoms with E-state index in [0.29, 0.717) is 46.5 Å². The van der Waals surface area contributed by atoms with Gasteiger partial charge in [0.1, 0.15) is 19.0 Å². The SMILES string of the molecule is O=C(Nc1cc2c(cc1Cl)OCCO2)c1ccccc1-c1ncc(-c2ccccc2F)o1. The molecule has 1 N–H and O–H groups in total. The van der Waals surface area contributed by atoms with E-state index in [2.05, 4.69) is 10.3 Å². The summed E-state index contributed by atoms with van der Waals surface area (Å²) in [5.41, 5.74) is 1.45. The molecule has 5 rings (SSSR count). The molecule has 4 aromatic rings. The van der Waals surface area contributed by atoms with E-state index in [4.69, 9.17) is 25.5 Å². The Morgan fingerprint density at radius 1 is 0.969 bits per heavy atom. The largest absolute Gasteiger partial charge is 0.486 e. The topological polar surface area (TPSA) is 73.6 Å². The summed E-state index contributed by atoms with van der Waals surface area (Å²) in [5.74, 6) is 0.663. The third kappa shape index (κ3) is 3.78. The first-order valence-corrected chi connectivity index (χ1v) is 10.2. The minimum Gasteiger partial charge on any atom is -0.486 e. The van der Waals surface area contributed by atoms with Crippen molar-refractivity contribution in [3.63, 3.8) is 0 Å². The molecule has 1 aromatic heterocycles. The normalized spacial score (nSPS) is 12.4. The molecule has 0 spiro atoms. The van der Waals surface area contributed by atoms with Crippen molar-refractivity contribution in [1.29, 1.82) is 0 Å². The molecular weight excluding hydrogens is 435 g/mol. The highest BCUT2D eigenvalue weighted by atomic mass is 35.5. The van der Waals surface area contributed by atoms with Crippen LogP contribution in [0, 0.1) is 5.82 Å². The highest BCUT2D eigenvalue weighted by Crippen LogP contribution is 2.38. The molecule has 3 aromatic carbocycles. The second-order valence-corrected chi connectivity index (χ2v) is 7.39. The molecule has 0 radical (unpaired) electrons. The van der Waals surface area contributed by atoms with Gasteiger partial charge in [-0.3, -0.25) is 4.79 Å². The minimum atomic E-state index is -0.422. The number of amides is 1. The fraction of sp³-hybridized carbons (Fsp3) is 0.0833. The van der Waals surface area contributed by atoms with E-state index in [0.717, 1.165) is 0 Å². The van der Waals surface area contributed by atoms with Gasteiger partial charge in [-0.15, -0.1) is 0 Å². The van der Waals surface area contributed by atoms with Crippen LogP contribution in [-0.2, 0) is 0 Å². The van der Waals surface area contributed by atoms with Crippen LogP contribution >= 0.6 is 11.6 Å². The van der Waals surface area contributed by atoms with Gasteiger partial charge in [-0.05, 0) is 24.3 Å². The van der Waals surface area contributed by atoms with E-state index in [-0.39, 0.29) is 17.2 Å². The molecule has 160 valence electrons. The fourth-order valence-electron chi connectivity index (χ4n) is 3.40. The van der Waals surface area contributed by atoms with Gasteiger partial charge in [-0.25, -0.2) is 9.37 Å². The molecular formula is C24H16ClFN2O4. The van der Waals surface area contributed by atoms with E-state index in [1.165, 1.54) is 12.3 Å². The molecule has 6 nitrogen and oxygen atoms in total. The second-order valence-electron chi connectivity index (χ2n) is 6.98. The van der Waals surface area contributed by atoms with Crippen molar-refractivity contribution in [3.8, 4) is 34.3 Å². The Morgan fingerprint density at radius 3 is 2.44 bits per heavy atom. The van der Waals surface area contributed by atoms with Gasteiger partial charge in [-0.2, -0.15) is 0 Å². The molecule has 0 saturated heterocycles. The summed E-state index contributed by atoms with van der Waals surface area (Å²) in [4.78, 5) is 17.3. The molecule has 1 aliphatic rings. The maximum absolute atomic E-state index is 14.1. The van der Waals surface area contributed by atoms with Crippen LogP contribution in [0.5, 0.6) is 11.5 Å². The first-order chi connectivity index (χ1) is 15.6. The Bertz CT molecular complexity index is 1320. The van der Waals surface area contributed by atoms with Crippen molar-refractivity contribution in [3.05, 3.63) is 83.3 Å². The zero-order valence-corrected chi connectivity index (χ0v) is 17.4. The van der Waals surface area contributed by atoms with Crippen molar-refractivity contribution in [1.82, 2.24) is 4.98 Å². The maximum atomic E-state index is 14.1. The molecule has 0 aliphatic carbocycles. The van der Waals surface area contributed by atoms with Gasteiger partial charge < -0.3 is 19.2 Å². The Balaban J connectivity index is 1.46. The zero-order chi connectivity index (χ0) is 22.1. The lowest BCUT2D eigenvalue weighted by molar-refractivity contribution is 0.102. The number of nitrogens with zero attached hydrogens (tertiary/aromatic N) is 1. The van der Waals surface area contributed by atoms with Crippen molar-refractivity contribution < 1.29 is 23.1 Å². The van der Waals surface area contributed by atoms with Crippen LogP contribution in [0.25, 0.3) is 22.8 Å². The number of nitrogens with one attached hydrogen (secondary N) is 1. The third-order valence-electron chi connectivity index (χ3n) is 4.93. The van der Waals surface area contributed by atoms with Crippen LogP contribution in [0.3, 0.4) is 0 Å². The molecule has 8 heteroatoms. The number of ether oxygens (including phenoxy) is 2. The molecule has 0 bridgehead atoms. The summed E-state index contributed by atoms with van der Waals surface area (Å²) in [7, 11) is 0. The van der Waals surface area contributed by atoms with Gasteiger partial charge in [0, 0.05) is 17.7 Å². The molecule has 1 aliphatic heterocycles. The molecule has 32 heavy (non-hydrogen) atoms. The summed E-state index contributed by atoms with van der Waals surface area (Å²) in [5, 5.41) is 3.12. The van der Waals surface area contributed by atoms with Gasteiger partial charge in [0.2, 0.25) is 5.89 Å². The molecule has 0 unspecified atom stereocenters. The van der Waals surface area contributed by atoms with Crippen LogP contribution in [0.4, 0.5) is 10.1 Å². The van der Waals surface area contributed by atoms with Gasteiger partial charge in [-0.1, -0.05) is 35.9 Å². The van der Waals surface area contributed by atoms with Gasteiger partial charge >= 0.3 is 0 Å². The molecule has 0 saturated carbocycles. The quantitative estimate of drug-likeness (QED) is 0.424. The summed E-state index contributed by atoms with van der Waals surface area (Å²) in [6, 6.07) is 16.3. The Labute approximate surface area is 187 Å². The number of halogens is 2. The average molecular weight is 451 g/mol. The predicted octanol–water partition coefficient (Wildman–Crippen LogP) is 5.82. The fourth-order valence-corrected chi connectivity index (χ4v) is 3.60. The van der Waals surface area contributed by atoms with Crippen molar-refractivity contribution >= 4 is 23.2 Å². The summed E-state index contributed by atoms with van der Waals surface area (Å²) >= 11 is 6.32. The van der Waals surface area contributed by atoms with Crippen LogP contribution < -0.4 is 14.8 Å². The van der Waals surface area contributed by atoms with Crippen molar-refractivity contribution in [2.45, 2.75) is 0 Å². The number of carbonyl (C=O) groups excluding carboxylic acids is 1. The minimum absolute atomic E-state index is 0.197. The highest BCUT2D eigenvalue weighted by molar-refractivity contribution is 6.34. The van der Waals surface area contributed by atoms with Crippen molar-refractivity contribution in [2.24, 2.45) is 0 Å². The lowest BCUT2D eigenvalue weighted by Gasteiger charge is -2.20. The van der Waals surface area contributed by atoms with E-state index in [1.54, 1.807) is 54.6 Å². The number of hydrogen-bond acceptors (Lipinski definition) is 5. The third-order valence-corrected chi connectivity index (χ3v) is 5.24. The number of hydrogen-bond donors (Lipinski definition) is 1. The number of benzene rings is 3. The van der Waals surface area contributed by atoms with E-state index < -0.39 is 11.7 Å². The van der Waals surface area contributed by atoms with E-state index in [1.807, 2.05) is 0 Å². The number of oxazole rings is 1. The smallest absolute Gasteiger partial charge is 0.256 e.